The minimum atomic E-state index is 0.0728. The molecule has 1 aliphatic carbocycles. The number of hydrogen-bond acceptors (Lipinski definition) is 2. The molecule has 0 fully saturated rings. The van der Waals surface area contributed by atoms with Crippen LogP contribution < -0.4 is 5.32 Å². The number of methoxy groups -OCH3 is 1. The second-order valence-electron chi connectivity index (χ2n) is 5.68. The van der Waals surface area contributed by atoms with Gasteiger partial charge in [0.2, 0.25) is 0 Å². The third kappa shape index (κ3) is 3.23. The summed E-state index contributed by atoms with van der Waals surface area (Å²) in [5.74, 6) is 0.613. The second kappa shape index (κ2) is 6.42. The zero-order valence-corrected chi connectivity index (χ0v) is 13.4. The van der Waals surface area contributed by atoms with Crippen molar-refractivity contribution in [2.75, 3.05) is 32.7 Å². The van der Waals surface area contributed by atoms with Crippen molar-refractivity contribution in [3.63, 3.8) is 0 Å². The van der Waals surface area contributed by atoms with Crippen LogP contribution in [0.1, 0.15) is 32.6 Å². The summed E-state index contributed by atoms with van der Waals surface area (Å²) in [6.07, 6.45) is 4.66. The maximum Gasteiger partial charge on any atom is 0.173 e. The summed E-state index contributed by atoms with van der Waals surface area (Å²) in [6.45, 7) is 4.81. The van der Waals surface area contributed by atoms with Crippen molar-refractivity contribution in [2.24, 2.45) is 5.41 Å². The summed E-state index contributed by atoms with van der Waals surface area (Å²) in [7, 11) is 1.77. The van der Waals surface area contributed by atoms with Crippen LogP contribution in [0.2, 0.25) is 0 Å². The van der Waals surface area contributed by atoms with Gasteiger partial charge in [-0.1, -0.05) is 6.92 Å². The number of rotatable bonds is 4. The first-order valence-electron chi connectivity index (χ1n) is 6.94. The van der Waals surface area contributed by atoms with Gasteiger partial charge < -0.3 is 15.0 Å². The SMILES string of the molecule is COC[C@]1(C)CCCC2=C1NC(=S)N(CCCl)CC2. The molecule has 108 valence electrons. The first kappa shape index (κ1) is 15.1. The molecule has 1 aliphatic heterocycles. The molecule has 0 aromatic carbocycles. The molecule has 0 saturated heterocycles. The topological polar surface area (TPSA) is 24.5 Å². The molecule has 2 rings (SSSR count). The number of halogens is 1. The van der Waals surface area contributed by atoms with Gasteiger partial charge in [0, 0.05) is 37.2 Å². The van der Waals surface area contributed by atoms with E-state index in [1.54, 1.807) is 7.11 Å². The van der Waals surface area contributed by atoms with E-state index in [4.69, 9.17) is 28.6 Å². The van der Waals surface area contributed by atoms with Crippen molar-refractivity contribution in [1.29, 1.82) is 0 Å². The monoisotopic (exact) mass is 302 g/mol. The Morgan fingerprint density at radius 2 is 2.26 bits per heavy atom. The minimum absolute atomic E-state index is 0.0728. The van der Waals surface area contributed by atoms with Crippen LogP contribution >= 0.6 is 23.8 Å². The van der Waals surface area contributed by atoms with Gasteiger partial charge in [0.15, 0.2) is 5.11 Å². The number of hydrogen-bond donors (Lipinski definition) is 1. The quantitative estimate of drug-likeness (QED) is 0.637. The largest absolute Gasteiger partial charge is 0.384 e. The molecule has 0 unspecified atom stereocenters. The fourth-order valence-electron chi connectivity index (χ4n) is 3.19. The van der Waals surface area contributed by atoms with E-state index in [2.05, 4.69) is 17.1 Å². The van der Waals surface area contributed by atoms with Crippen LogP contribution in [-0.2, 0) is 4.74 Å². The lowest BCUT2D eigenvalue weighted by molar-refractivity contribution is 0.0998. The maximum atomic E-state index is 5.85. The van der Waals surface area contributed by atoms with Gasteiger partial charge >= 0.3 is 0 Å². The third-order valence-electron chi connectivity index (χ3n) is 4.18. The summed E-state index contributed by atoms with van der Waals surface area (Å²) in [4.78, 5) is 2.17. The van der Waals surface area contributed by atoms with Gasteiger partial charge in [-0.3, -0.25) is 0 Å². The molecule has 19 heavy (non-hydrogen) atoms. The Bertz CT molecular complexity index is 386. The normalized spacial score (nSPS) is 27.9. The van der Waals surface area contributed by atoms with Crippen molar-refractivity contribution in [2.45, 2.75) is 32.6 Å². The summed E-state index contributed by atoms with van der Waals surface area (Å²) in [5.41, 5.74) is 2.90. The van der Waals surface area contributed by atoms with E-state index in [9.17, 15) is 0 Å². The van der Waals surface area contributed by atoms with Crippen molar-refractivity contribution in [3.05, 3.63) is 11.3 Å². The van der Waals surface area contributed by atoms with E-state index < -0.39 is 0 Å². The van der Waals surface area contributed by atoms with Crippen LogP contribution in [0.5, 0.6) is 0 Å². The van der Waals surface area contributed by atoms with Crippen LogP contribution in [0, 0.1) is 5.41 Å². The summed E-state index contributed by atoms with van der Waals surface area (Å²) in [6, 6.07) is 0. The van der Waals surface area contributed by atoms with E-state index in [0.29, 0.717) is 5.88 Å². The number of alkyl halides is 1. The smallest absolute Gasteiger partial charge is 0.173 e. The lowest BCUT2D eigenvalue weighted by Crippen LogP contribution is -2.43. The highest BCUT2D eigenvalue weighted by Gasteiger charge is 2.36. The molecule has 0 radical (unpaired) electrons. The summed E-state index contributed by atoms with van der Waals surface area (Å²) < 4.78 is 5.43. The van der Waals surface area contributed by atoms with Crippen LogP contribution in [0.15, 0.2) is 11.3 Å². The fourth-order valence-corrected chi connectivity index (χ4v) is 3.68. The van der Waals surface area contributed by atoms with E-state index in [1.165, 1.54) is 24.1 Å². The number of nitrogens with zero attached hydrogens (tertiary/aromatic N) is 1. The molecule has 0 spiro atoms. The highest BCUT2D eigenvalue weighted by Crippen LogP contribution is 2.41. The Morgan fingerprint density at radius 1 is 1.47 bits per heavy atom. The molecule has 0 bridgehead atoms. The van der Waals surface area contributed by atoms with E-state index in [1.807, 2.05) is 0 Å². The van der Waals surface area contributed by atoms with Gasteiger partial charge in [-0.05, 0) is 43.5 Å². The molecule has 0 amide bonds. The van der Waals surface area contributed by atoms with Crippen molar-refractivity contribution < 1.29 is 4.74 Å². The molecule has 1 N–H and O–H groups in total. The Morgan fingerprint density at radius 3 is 2.95 bits per heavy atom. The first-order valence-corrected chi connectivity index (χ1v) is 7.88. The Labute approximate surface area is 126 Å². The van der Waals surface area contributed by atoms with Crippen LogP contribution in [-0.4, -0.2) is 42.7 Å². The molecule has 0 aromatic rings. The minimum Gasteiger partial charge on any atom is -0.384 e. The molecule has 2 aliphatic rings. The molecule has 0 aromatic heterocycles. The molecule has 1 atom stereocenters. The first-order chi connectivity index (χ1) is 9.10. The standard InChI is InChI=1S/C14H23ClN2OS/c1-14(10-18-2)6-3-4-11-5-8-17(9-7-15)13(19)16-12(11)14/h3-10H2,1-2H3,(H,16,19)/t14-/m0/s1. The molecule has 1 heterocycles. The molecule has 0 saturated carbocycles. The molecule has 3 nitrogen and oxygen atoms in total. The van der Waals surface area contributed by atoms with Gasteiger partial charge in [0.1, 0.15) is 0 Å². The zero-order valence-electron chi connectivity index (χ0n) is 11.8. The van der Waals surface area contributed by atoms with Gasteiger partial charge in [0.25, 0.3) is 0 Å². The van der Waals surface area contributed by atoms with Crippen LogP contribution in [0.25, 0.3) is 0 Å². The van der Waals surface area contributed by atoms with Crippen molar-refractivity contribution in [3.8, 4) is 0 Å². The molecule has 5 heteroatoms. The molecular formula is C14H23ClN2OS. The van der Waals surface area contributed by atoms with Gasteiger partial charge in [-0.2, -0.15) is 0 Å². The van der Waals surface area contributed by atoms with Crippen molar-refractivity contribution >= 4 is 28.9 Å². The lowest BCUT2D eigenvalue weighted by Gasteiger charge is -2.37. The van der Waals surface area contributed by atoms with Gasteiger partial charge in [-0.15, -0.1) is 11.6 Å². The third-order valence-corrected chi connectivity index (χ3v) is 4.71. The van der Waals surface area contributed by atoms with E-state index >= 15 is 0 Å². The summed E-state index contributed by atoms with van der Waals surface area (Å²) in [5, 5.41) is 4.30. The average Bonchev–Trinajstić information content (AvgIpc) is 2.52. The number of thiocarbonyl (C=S) groups is 1. The predicted molar refractivity (Wildman–Crippen MR) is 83.5 cm³/mol. The van der Waals surface area contributed by atoms with Crippen molar-refractivity contribution in [1.82, 2.24) is 10.2 Å². The maximum absolute atomic E-state index is 5.85. The van der Waals surface area contributed by atoms with Crippen LogP contribution in [0.4, 0.5) is 0 Å². The van der Waals surface area contributed by atoms with Crippen LogP contribution in [0.3, 0.4) is 0 Å². The van der Waals surface area contributed by atoms with Gasteiger partial charge in [0.05, 0.1) is 6.61 Å². The molecular weight excluding hydrogens is 280 g/mol. The second-order valence-corrected chi connectivity index (χ2v) is 6.45. The fraction of sp³-hybridized carbons (Fsp3) is 0.786. The Kier molecular flexibility index (Phi) is 5.09. The lowest BCUT2D eigenvalue weighted by atomic mass is 9.74. The highest BCUT2D eigenvalue weighted by atomic mass is 35.5. The zero-order chi connectivity index (χ0) is 13.9. The summed E-state index contributed by atoms with van der Waals surface area (Å²) >= 11 is 11.4. The predicted octanol–water partition coefficient (Wildman–Crippen LogP) is 2.90. The number of ether oxygens (including phenoxy) is 1. The Hall–Kier alpha value is -0.320. The highest BCUT2D eigenvalue weighted by molar-refractivity contribution is 7.80. The van der Waals surface area contributed by atoms with E-state index in [0.717, 1.165) is 37.7 Å². The Balaban J connectivity index is 2.22. The average molecular weight is 303 g/mol. The van der Waals surface area contributed by atoms with E-state index in [-0.39, 0.29) is 5.41 Å². The van der Waals surface area contributed by atoms with Gasteiger partial charge in [-0.25, -0.2) is 0 Å². The number of nitrogens with one attached hydrogen (secondary N) is 1.